The zero-order valence-corrected chi connectivity index (χ0v) is 11.4. The van der Waals surface area contributed by atoms with E-state index in [1.54, 1.807) is 18.8 Å². The van der Waals surface area contributed by atoms with Gasteiger partial charge in [-0.05, 0) is 48.5 Å². The van der Waals surface area contributed by atoms with Crippen molar-refractivity contribution >= 4 is 35.5 Å². The maximum absolute atomic E-state index is 10.6. The zero-order chi connectivity index (χ0) is 13.0. The van der Waals surface area contributed by atoms with Gasteiger partial charge in [-0.25, -0.2) is 0 Å². The predicted octanol–water partition coefficient (Wildman–Crippen LogP) is 4.08. The van der Waals surface area contributed by atoms with Gasteiger partial charge >= 0.3 is 0 Å². The van der Waals surface area contributed by atoms with Crippen molar-refractivity contribution in [2.75, 3.05) is 11.9 Å². The summed E-state index contributed by atoms with van der Waals surface area (Å²) in [4.78, 5) is 14.4. The summed E-state index contributed by atoms with van der Waals surface area (Å²) in [6.07, 6.45) is 0.793. The first kappa shape index (κ1) is 13.0. The summed E-state index contributed by atoms with van der Waals surface area (Å²) in [7, 11) is 1.73. The third-order valence-electron chi connectivity index (χ3n) is 2.45. The Labute approximate surface area is 116 Å². The van der Waals surface area contributed by atoms with E-state index in [0.717, 1.165) is 26.9 Å². The monoisotopic (exact) mass is 277 g/mol. The van der Waals surface area contributed by atoms with E-state index >= 15 is 0 Å². The van der Waals surface area contributed by atoms with E-state index in [1.165, 1.54) is 4.90 Å². The van der Waals surface area contributed by atoms with Gasteiger partial charge in [0.25, 0.3) is 0 Å². The van der Waals surface area contributed by atoms with Crippen molar-refractivity contribution in [3.63, 3.8) is 0 Å². The van der Waals surface area contributed by atoms with Crippen LogP contribution in [0.2, 0.25) is 5.02 Å². The zero-order valence-electron chi connectivity index (χ0n) is 9.84. The van der Waals surface area contributed by atoms with Gasteiger partial charge in [0, 0.05) is 27.5 Å². The van der Waals surface area contributed by atoms with Crippen molar-refractivity contribution in [3.8, 4) is 0 Å². The second-order valence-corrected chi connectivity index (χ2v) is 5.35. The van der Waals surface area contributed by atoms with Crippen molar-refractivity contribution in [1.29, 1.82) is 0 Å². The van der Waals surface area contributed by atoms with Crippen LogP contribution < -0.4 is 4.90 Å². The highest BCUT2D eigenvalue weighted by atomic mass is 35.5. The Hall–Kier alpha value is -1.45. The molecule has 0 aliphatic rings. The van der Waals surface area contributed by atoms with Crippen LogP contribution in [-0.2, 0) is 4.79 Å². The van der Waals surface area contributed by atoms with E-state index in [-0.39, 0.29) is 0 Å². The number of rotatable bonds is 4. The lowest BCUT2D eigenvalue weighted by Gasteiger charge is -2.10. The minimum Gasteiger partial charge on any atom is -0.318 e. The van der Waals surface area contributed by atoms with Gasteiger partial charge in [0.2, 0.25) is 6.41 Å². The first-order chi connectivity index (χ1) is 8.69. The maximum Gasteiger partial charge on any atom is 0.213 e. The molecular formula is C14H12ClNOS. The summed E-state index contributed by atoms with van der Waals surface area (Å²) in [5.74, 6) is 0. The number of hydrogen-bond donors (Lipinski definition) is 0. The molecule has 0 aliphatic carbocycles. The largest absolute Gasteiger partial charge is 0.318 e. The summed E-state index contributed by atoms with van der Waals surface area (Å²) in [5, 5.41) is 0.738. The Balaban J connectivity index is 2.10. The highest BCUT2D eigenvalue weighted by molar-refractivity contribution is 7.99. The lowest BCUT2D eigenvalue weighted by Crippen LogP contribution is -2.13. The summed E-state index contributed by atoms with van der Waals surface area (Å²) >= 11 is 7.50. The number of carbonyl (C=O) groups excluding carboxylic acids is 1. The molecule has 0 aliphatic heterocycles. The van der Waals surface area contributed by atoms with Crippen LogP contribution in [0.25, 0.3) is 0 Å². The fourth-order valence-corrected chi connectivity index (χ4v) is 2.39. The molecule has 2 nitrogen and oxygen atoms in total. The van der Waals surface area contributed by atoms with Gasteiger partial charge in [-0.2, -0.15) is 0 Å². The molecule has 92 valence electrons. The molecule has 4 heteroatoms. The second-order valence-electron chi connectivity index (χ2n) is 3.77. The average molecular weight is 278 g/mol. The molecule has 0 radical (unpaired) electrons. The fourth-order valence-electron chi connectivity index (χ4n) is 1.45. The Bertz CT molecular complexity index is 524. The molecule has 0 aromatic heterocycles. The molecular weight excluding hydrogens is 266 g/mol. The van der Waals surface area contributed by atoms with Gasteiger partial charge in [0.15, 0.2) is 0 Å². The SMILES string of the molecule is CN(C=O)c1ccc(Sc2ccc(Cl)cc2)cc1. The number of anilines is 1. The molecule has 0 N–H and O–H groups in total. The van der Waals surface area contributed by atoms with Crippen LogP contribution in [0, 0.1) is 0 Å². The molecule has 0 saturated heterocycles. The van der Waals surface area contributed by atoms with Crippen molar-refractivity contribution in [1.82, 2.24) is 0 Å². The molecule has 0 unspecified atom stereocenters. The molecule has 18 heavy (non-hydrogen) atoms. The molecule has 0 atom stereocenters. The van der Waals surface area contributed by atoms with Crippen LogP contribution in [0.15, 0.2) is 58.3 Å². The topological polar surface area (TPSA) is 20.3 Å². The minimum atomic E-state index is 0.738. The molecule has 2 aromatic rings. The first-order valence-electron chi connectivity index (χ1n) is 5.40. The Kier molecular flexibility index (Phi) is 4.28. The van der Waals surface area contributed by atoms with Crippen molar-refractivity contribution in [2.24, 2.45) is 0 Å². The van der Waals surface area contributed by atoms with Crippen molar-refractivity contribution < 1.29 is 4.79 Å². The summed E-state index contributed by atoms with van der Waals surface area (Å²) in [6.45, 7) is 0. The highest BCUT2D eigenvalue weighted by Crippen LogP contribution is 2.29. The molecule has 1 amide bonds. The normalized spacial score (nSPS) is 10.1. The standard InChI is InChI=1S/C14H12ClNOS/c1-16(10-17)12-4-8-14(9-5-12)18-13-6-2-11(15)3-7-13/h2-10H,1H3. The van der Waals surface area contributed by atoms with Gasteiger partial charge in [0.1, 0.15) is 0 Å². The third-order valence-corrected chi connectivity index (χ3v) is 3.72. The second kappa shape index (κ2) is 5.94. The van der Waals surface area contributed by atoms with Gasteiger partial charge in [0.05, 0.1) is 0 Å². The molecule has 0 saturated carbocycles. The summed E-state index contributed by atoms with van der Waals surface area (Å²) < 4.78 is 0. The van der Waals surface area contributed by atoms with Crippen molar-refractivity contribution in [3.05, 3.63) is 53.6 Å². The van der Waals surface area contributed by atoms with E-state index in [1.807, 2.05) is 48.5 Å². The van der Waals surface area contributed by atoms with Crippen LogP contribution in [0.5, 0.6) is 0 Å². The number of halogens is 1. The molecule has 2 rings (SSSR count). The van der Waals surface area contributed by atoms with Crippen LogP contribution in [0.4, 0.5) is 5.69 Å². The molecule has 0 heterocycles. The lowest BCUT2D eigenvalue weighted by atomic mass is 10.3. The molecule has 0 bridgehead atoms. The molecule has 2 aromatic carbocycles. The Morgan fingerprint density at radius 1 is 1.00 bits per heavy atom. The number of amides is 1. The maximum atomic E-state index is 10.6. The number of hydrogen-bond acceptors (Lipinski definition) is 2. The number of benzene rings is 2. The molecule has 0 spiro atoms. The fraction of sp³-hybridized carbons (Fsp3) is 0.0714. The molecule has 0 fully saturated rings. The Morgan fingerprint density at radius 3 is 2.00 bits per heavy atom. The van der Waals surface area contributed by atoms with Gasteiger partial charge in [-0.3, -0.25) is 4.79 Å². The lowest BCUT2D eigenvalue weighted by molar-refractivity contribution is -0.107. The van der Waals surface area contributed by atoms with Gasteiger partial charge in [-0.15, -0.1) is 0 Å². The van der Waals surface area contributed by atoms with E-state index in [9.17, 15) is 4.79 Å². The van der Waals surface area contributed by atoms with Crippen molar-refractivity contribution in [2.45, 2.75) is 9.79 Å². The number of carbonyl (C=O) groups is 1. The van der Waals surface area contributed by atoms with Crippen LogP contribution in [-0.4, -0.2) is 13.5 Å². The summed E-state index contributed by atoms with van der Waals surface area (Å²) in [5.41, 5.74) is 0.880. The van der Waals surface area contributed by atoms with Crippen LogP contribution >= 0.6 is 23.4 Å². The van der Waals surface area contributed by atoms with Gasteiger partial charge < -0.3 is 4.90 Å². The highest BCUT2D eigenvalue weighted by Gasteiger charge is 2.00. The van der Waals surface area contributed by atoms with Crippen LogP contribution in [0.3, 0.4) is 0 Å². The minimum absolute atomic E-state index is 0.738. The third kappa shape index (κ3) is 3.28. The van der Waals surface area contributed by atoms with E-state index in [4.69, 9.17) is 11.6 Å². The quantitative estimate of drug-likeness (QED) is 0.785. The Morgan fingerprint density at radius 2 is 1.50 bits per heavy atom. The van der Waals surface area contributed by atoms with Gasteiger partial charge in [-0.1, -0.05) is 23.4 Å². The van der Waals surface area contributed by atoms with E-state index in [2.05, 4.69) is 0 Å². The smallest absolute Gasteiger partial charge is 0.213 e. The predicted molar refractivity (Wildman–Crippen MR) is 76.5 cm³/mol. The summed E-state index contributed by atoms with van der Waals surface area (Å²) in [6, 6.07) is 15.6. The van der Waals surface area contributed by atoms with E-state index < -0.39 is 0 Å². The number of nitrogens with zero attached hydrogens (tertiary/aromatic N) is 1. The average Bonchev–Trinajstić information content (AvgIpc) is 2.41. The van der Waals surface area contributed by atoms with E-state index in [0.29, 0.717) is 0 Å². The first-order valence-corrected chi connectivity index (χ1v) is 6.60. The van der Waals surface area contributed by atoms with Crippen LogP contribution in [0.1, 0.15) is 0 Å².